The molecule has 0 N–H and O–H groups in total. The van der Waals surface area contributed by atoms with Crippen molar-refractivity contribution in [3.8, 4) is 6.07 Å². The summed E-state index contributed by atoms with van der Waals surface area (Å²) in [5, 5.41) is 13.3. The molecule has 1 saturated heterocycles. The van der Waals surface area contributed by atoms with Gasteiger partial charge in [0.25, 0.3) is 5.56 Å². The molecule has 0 aromatic carbocycles. The third-order valence-electron chi connectivity index (χ3n) is 3.97. The van der Waals surface area contributed by atoms with Crippen molar-refractivity contribution in [2.45, 2.75) is 26.8 Å². The second-order valence-electron chi connectivity index (χ2n) is 6.31. The fourth-order valence-electron chi connectivity index (χ4n) is 2.27. The van der Waals surface area contributed by atoms with E-state index in [9.17, 15) is 4.79 Å². The Hall–Kier alpha value is -1.87. The molecule has 0 aliphatic carbocycles. The molecule has 114 valence electrons. The van der Waals surface area contributed by atoms with E-state index in [1.54, 1.807) is 12.3 Å². The van der Waals surface area contributed by atoms with E-state index in [0.717, 1.165) is 31.9 Å². The van der Waals surface area contributed by atoms with Gasteiger partial charge in [-0.15, -0.1) is 0 Å². The van der Waals surface area contributed by atoms with Crippen molar-refractivity contribution in [1.29, 1.82) is 5.26 Å². The van der Waals surface area contributed by atoms with Crippen LogP contribution in [0.2, 0.25) is 0 Å². The van der Waals surface area contributed by atoms with E-state index >= 15 is 0 Å². The van der Waals surface area contributed by atoms with Crippen LogP contribution in [0.15, 0.2) is 17.1 Å². The van der Waals surface area contributed by atoms with Gasteiger partial charge in [-0.1, -0.05) is 0 Å². The Kier molecular flexibility index (Phi) is 4.63. The van der Waals surface area contributed by atoms with Gasteiger partial charge < -0.3 is 9.80 Å². The molecule has 1 aromatic rings. The first-order valence-corrected chi connectivity index (χ1v) is 7.33. The quantitative estimate of drug-likeness (QED) is 0.825. The first-order chi connectivity index (χ1) is 9.91. The number of nitriles is 1. The van der Waals surface area contributed by atoms with Gasteiger partial charge in [-0.3, -0.25) is 4.79 Å². The second-order valence-corrected chi connectivity index (χ2v) is 6.31. The van der Waals surface area contributed by atoms with Gasteiger partial charge in [-0.05, 0) is 27.3 Å². The van der Waals surface area contributed by atoms with Crippen LogP contribution in [0, 0.1) is 16.7 Å². The fraction of sp³-hybridized carbons (Fsp3) is 0.667. The highest BCUT2D eigenvalue weighted by Crippen LogP contribution is 2.19. The molecule has 0 saturated carbocycles. The highest BCUT2D eigenvalue weighted by molar-refractivity contribution is 5.43. The largest absolute Gasteiger partial charge is 0.368 e. The maximum Gasteiger partial charge on any atom is 0.268 e. The summed E-state index contributed by atoms with van der Waals surface area (Å²) in [5.74, 6) is 0. The summed E-state index contributed by atoms with van der Waals surface area (Å²) < 4.78 is 1.44. The molecule has 0 atom stereocenters. The summed E-state index contributed by atoms with van der Waals surface area (Å²) >= 11 is 0. The minimum absolute atomic E-state index is 0.0971. The Labute approximate surface area is 125 Å². The smallest absolute Gasteiger partial charge is 0.268 e. The Morgan fingerprint density at radius 1 is 1.33 bits per heavy atom. The van der Waals surface area contributed by atoms with Gasteiger partial charge >= 0.3 is 0 Å². The molecule has 1 aliphatic rings. The monoisotopic (exact) mass is 289 g/mol. The zero-order valence-electron chi connectivity index (χ0n) is 13.0. The predicted octanol–water partition coefficient (Wildman–Crippen LogP) is 0.935. The standard InChI is InChI=1S/C15H23N5O/c1-15(2,12-16)4-5-20-14(21)10-13(11-17-20)19-8-6-18(3)7-9-19/h10-11H,4-9H2,1-3H3. The Bertz CT molecular complexity index is 578. The number of nitrogens with zero attached hydrogens (tertiary/aromatic N) is 5. The zero-order valence-corrected chi connectivity index (χ0v) is 13.0. The second kappa shape index (κ2) is 6.27. The molecule has 1 aliphatic heterocycles. The highest BCUT2D eigenvalue weighted by atomic mass is 16.1. The average molecular weight is 289 g/mol. The number of hydrogen-bond donors (Lipinski definition) is 0. The number of aryl methyl sites for hydroxylation is 1. The van der Waals surface area contributed by atoms with E-state index in [0.29, 0.717) is 13.0 Å². The van der Waals surface area contributed by atoms with E-state index in [1.165, 1.54) is 4.68 Å². The van der Waals surface area contributed by atoms with Gasteiger partial charge in [0.15, 0.2) is 0 Å². The maximum atomic E-state index is 12.1. The SMILES string of the molecule is CN1CCN(c2cnn(CCC(C)(C)C#N)c(=O)c2)CC1. The van der Waals surface area contributed by atoms with E-state index in [4.69, 9.17) is 5.26 Å². The van der Waals surface area contributed by atoms with Crippen LogP contribution in [-0.4, -0.2) is 47.9 Å². The Morgan fingerprint density at radius 3 is 2.57 bits per heavy atom. The predicted molar refractivity (Wildman–Crippen MR) is 82.2 cm³/mol. The van der Waals surface area contributed by atoms with Crippen molar-refractivity contribution in [3.63, 3.8) is 0 Å². The van der Waals surface area contributed by atoms with E-state index in [2.05, 4.69) is 28.0 Å². The third kappa shape index (κ3) is 4.05. The van der Waals surface area contributed by atoms with E-state index in [-0.39, 0.29) is 5.56 Å². The molecule has 0 spiro atoms. The molecule has 0 bridgehead atoms. The number of rotatable bonds is 4. The molecule has 1 aromatic heterocycles. The van der Waals surface area contributed by atoms with Gasteiger partial charge in [-0.2, -0.15) is 10.4 Å². The highest BCUT2D eigenvalue weighted by Gasteiger charge is 2.18. The summed E-state index contributed by atoms with van der Waals surface area (Å²) in [7, 11) is 2.10. The molecule has 0 unspecified atom stereocenters. The van der Waals surface area contributed by atoms with Gasteiger partial charge in [0, 0.05) is 38.8 Å². The summed E-state index contributed by atoms with van der Waals surface area (Å²) in [6, 6.07) is 3.89. The van der Waals surface area contributed by atoms with Gasteiger partial charge in [0.05, 0.1) is 23.4 Å². The molecule has 2 rings (SSSR count). The lowest BCUT2D eigenvalue weighted by molar-refractivity contribution is 0.312. The molecule has 6 nitrogen and oxygen atoms in total. The first kappa shape index (κ1) is 15.5. The normalized spacial score (nSPS) is 16.8. The minimum Gasteiger partial charge on any atom is -0.368 e. The maximum absolute atomic E-state index is 12.1. The van der Waals surface area contributed by atoms with Crippen LogP contribution < -0.4 is 10.5 Å². The van der Waals surface area contributed by atoms with Crippen LogP contribution in [0.3, 0.4) is 0 Å². The lowest BCUT2D eigenvalue weighted by Crippen LogP contribution is -2.45. The molecular formula is C15H23N5O. The van der Waals surface area contributed by atoms with Crippen molar-refractivity contribution in [2.75, 3.05) is 38.1 Å². The minimum atomic E-state index is -0.433. The van der Waals surface area contributed by atoms with Crippen molar-refractivity contribution in [1.82, 2.24) is 14.7 Å². The van der Waals surface area contributed by atoms with Crippen LogP contribution in [0.4, 0.5) is 5.69 Å². The molecule has 0 radical (unpaired) electrons. The van der Waals surface area contributed by atoms with Gasteiger partial charge in [0.2, 0.25) is 0 Å². The molecule has 6 heteroatoms. The van der Waals surface area contributed by atoms with Crippen LogP contribution >= 0.6 is 0 Å². The number of anilines is 1. The first-order valence-electron chi connectivity index (χ1n) is 7.33. The van der Waals surface area contributed by atoms with Crippen molar-refractivity contribution in [2.24, 2.45) is 5.41 Å². The van der Waals surface area contributed by atoms with Crippen molar-refractivity contribution < 1.29 is 0 Å². The number of piperazine rings is 1. The van der Waals surface area contributed by atoms with Crippen molar-refractivity contribution in [3.05, 3.63) is 22.6 Å². The van der Waals surface area contributed by atoms with Gasteiger partial charge in [0.1, 0.15) is 0 Å². The number of aromatic nitrogens is 2. The van der Waals surface area contributed by atoms with E-state index in [1.807, 2.05) is 13.8 Å². The van der Waals surface area contributed by atoms with Crippen LogP contribution in [-0.2, 0) is 6.54 Å². The average Bonchev–Trinajstić information content (AvgIpc) is 2.47. The number of hydrogen-bond acceptors (Lipinski definition) is 5. The Balaban J connectivity index is 2.04. The summed E-state index contributed by atoms with van der Waals surface area (Å²) in [6.07, 6.45) is 2.37. The summed E-state index contributed by atoms with van der Waals surface area (Å²) in [5.41, 5.74) is 0.362. The Morgan fingerprint density at radius 2 is 2.00 bits per heavy atom. The summed E-state index contributed by atoms with van der Waals surface area (Å²) in [4.78, 5) is 16.6. The van der Waals surface area contributed by atoms with Crippen molar-refractivity contribution >= 4 is 5.69 Å². The molecule has 1 fully saturated rings. The van der Waals surface area contributed by atoms with Crippen LogP contribution in [0.25, 0.3) is 0 Å². The molecule has 0 amide bonds. The molecule has 21 heavy (non-hydrogen) atoms. The zero-order chi connectivity index (χ0) is 15.5. The molecule has 2 heterocycles. The number of likely N-dealkylation sites (N-methyl/N-ethyl adjacent to an activating group) is 1. The summed E-state index contributed by atoms with van der Waals surface area (Å²) in [6.45, 7) is 8.06. The van der Waals surface area contributed by atoms with Crippen LogP contribution in [0.5, 0.6) is 0 Å². The lowest BCUT2D eigenvalue weighted by Gasteiger charge is -2.33. The molecular weight excluding hydrogens is 266 g/mol. The lowest BCUT2D eigenvalue weighted by atomic mass is 9.92. The van der Waals surface area contributed by atoms with E-state index < -0.39 is 5.41 Å². The third-order valence-corrected chi connectivity index (χ3v) is 3.97. The fourth-order valence-corrected chi connectivity index (χ4v) is 2.27. The van der Waals surface area contributed by atoms with Crippen LogP contribution in [0.1, 0.15) is 20.3 Å². The van der Waals surface area contributed by atoms with Gasteiger partial charge in [-0.25, -0.2) is 4.68 Å². The topological polar surface area (TPSA) is 65.2 Å².